The van der Waals surface area contributed by atoms with E-state index in [1.165, 1.54) is 11.8 Å². The summed E-state index contributed by atoms with van der Waals surface area (Å²) in [6.45, 7) is 10.4. The summed E-state index contributed by atoms with van der Waals surface area (Å²) in [4.78, 5) is 28.8. The zero-order chi connectivity index (χ0) is 24.3. The summed E-state index contributed by atoms with van der Waals surface area (Å²) in [5.74, 6) is 6.28. The third-order valence-electron chi connectivity index (χ3n) is 7.06. The van der Waals surface area contributed by atoms with Gasteiger partial charge in [-0.1, -0.05) is 30.5 Å². The largest absolute Gasteiger partial charge is 0.477 e. The van der Waals surface area contributed by atoms with Crippen molar-refractivity contribution in [1.82, 2.24) is 14.9 Å². The van der Waals surface area contributed by atoms with Gasteiger partial charge in [-0.25, -0.2) is 14.8 Å². The van der Waals surface area contributed by atoms with Crippen molar-refractivity contribution in [3.8, 4) is 11.8 Å². The minimum atomic E-state index is -0.957. The third-order valence-corrected chi connectivity index (χ3v) is 8.28. The van der Waals surface area contributed by atoms with Gasteiger partial charge in [-0.15, -0.1) is 0 Å². The highest BCUT2D eigenvalue weighted by Gasteiger charge is 2.40. The molecule has 2 aliphatic heterocycles. The molecular formula is C26H41N3O3S. The first-order chi connectivity index (χ1) is 15.5. The van der Waals surface area contributed by atoms with E-state index in [0.29, 0.717) is 18.0 Å². The molecule has 1 saturated carbocycles. The zero-order valence-corrected chi connectivity index (χ0v) is 22.0. The number of hydrogen-bond acceptors (Lipinski definition) is 5. The SMILES string of the molecule is CC1CCC(C(=O)N(C2=C(C(=O)O)SC(C#CC(C)(C)C)C2)N(C)C2CCN(C)CC2)CC1. The molecular weight excluding hydrogens is 434 g/mol. The quantitative estimate of drug-likeness (QED) is 0.469. The van der Waals surface area contributed by atoms with E-state index >= 15 is 0 Å². The molecule has 1 N–H and O–H groups in total. The summed E-state index contributed by atoms with van der Waals surface area (Å²) >= 11 is 1.30. The van der Waals surface area contributed by atoms with Gasteiger partial charge in [0, 0.05) is 30.8 Å². The van der Waals surface area contributed by atoms with E-state index in [1.807, 2.05) is 7.05 Å². The Morgan fingerprint density at radius 3 is 2.24 bits per heavy atom. The van der Waals surface area contributed by atoms with Crippen molar-refractivity contribution in [2.24, 2.45) is 17.3 Å². The predicted octanol–water partition coefficient (Wildman–Crippen LogP) is 4.43. The zero-order valence-electron chi connectivity index (χ0n) is 21.2. The fourth-order valence-electron chi connectivity index (χ4n) is 4.95. The molecule has 184 valence electrons. The Balaban J connectivity index is 1.92. The van der Waals surface area contributed by atoms with Crippen molar-refractivity contribution in [2.75, 3.05) is 27.2 Å². The predicted molar refractivity (Wildman–Crippen MR) is 134 cm³/mol. The van der Waals surface area contributed by atoms with Crippen LogP contribution in [0.3, 0.4) is 0 Å². The number of piperidine rings is 1. The molecule has 0 bridgehead atoms. The second kappa shape index (κ2) is 10.8. The average Bonchev–Trinajstić information content (AvgIpc) is 3.17. The Morgan fingerprint density at radius 2 is 1.70 bits per heavy atom. The van der Waals surface area contributed by atoms with Crippen molar-refractivity contribution < 1.29 is 14.7 Å². The molecule has 0 aromatic rings. The van der Waals surface area contributed by atoms with Gasteiger partial charge in [-0.3, -0.25) is 4.79 Å². The Kier molecular flexibility index (Phi) is 8.58. The van der Waals surface area contributed by atoms with Crippen LogP contribution in [0.1, 0.15) is 72.6 Å². The normalized spacial score (nSPS) is 27.4. The second-order valence-corrected chi connectivity index (χ2v) is 12.3. The Morgan fingerprint density at radius 1 is 1.09 bits per heavy atom. The number of carboxylic acids is 1. The highest BCUT2D eigenvalue weighted by molar-refractivity contribution is 8.05. The van der Waals surface area contributed by atoms with Crippen LogP contribution in [0, 0.1) is 29.1 Å². The van der Waals surface area contributed by atoms with Crippen molar-refractivity contribution in [1.29, 1.82) is 0 Å². The van der Waals surface area contributed by atoms with Crippen LogP contribution in [0.4, 0.5) is 0 Å². The first kappa shape index (κ1) is 26.1. The maximum atomic E-state index is 13.9. The number of rotatable bonds is 5. The lowest BCUT2D eigenvalue weighted by atomic mass is 9.82. The van der Waals surface area contributed by atoms with Gasteiger partial charge < -0.3 is 10.0 Å². The van der Waals surface area contributed by atoms with Crippen LogP contribution in [-0.2, 0) is 9.59 Å². The smallest absolute Gasteiger partial charge is 0.344 e. The number of nitrogens with zero attached hydrogens (tertiary/aromatic N) is 3. The number of aliphatic carboxylic acids is 1. The maximum absolute atomic E-state index is 13.9. The molecule has 7 heteroatoms. The van der Waals surface area contributed by atoms with E-state index in [1.54, 1.807) is 5.01 Å². The van der Waals surface area contributed by atoms with E-state index < -0.39 is 5.97 Å². The van der Waals surface area contributed by atoms with Crippen LogP contribution in [-0.4, -0.2) is 70.4 Å². The third kappa shape index (κ3) is 6.77. The number of amides is 1. The number of carbonyl (C=O) groups is 2. The Bertz CT molecular complexity index is 822. The summed E-state index contributed by atoms with van der Waals surface area (Å²) in [7, 11) is 4.10. The van der Waals surface area contributed by atoms with Crippen molar-refractivity contribution >= 4 is 23.6 Å². The van der Waals surface area contributed by atoms with Crippen LogP contribution in [0.5, 0.6) is 0 Å². The number of allylic oxidation sites excluding steroid dienone is 1. The summed E-state index contributed by atoms with van der Waals surface area (Å²) in [6.07, 6.45) is 6.30. The van der Waals surface area contributed by atoms with E-state index in [2.05, 4.69) is 56.5 Å². The standard InChI is InChI=1S/C26H41N3O3S/c1-18-7-9-19(10-8-18)24(30)29(28(6)20-12-15-27(5)16-13-20)22-17-21(11-14-26(2,3)4)33-23(22)25(31)32/h18-21H,7-10,12-13,15-17H2,1-6H3,(H,31,32). The van der Waals surface area contributed by atoms with Crippen LogP contribution in [0.15, 0.2) is 10.6 Å². The number of hydrogen-bond donors (Lipinski definition) is 1. The molecule has 1 atom stereocenters. The minimum absolute atomic E-state index is 0.0397. The van der Waals surface area contributed by atoms with Gasteiger partial charge in [0.2, 0.25) is 5.91 Å². The Labute approximate surface area is 204 Å². The van der Waals surface area contributed by atoms with E-state index in [9.17, 15) is 14.7 Å². The first-order valence-corrected chi connectivity index (χ1v) is 13.2. The van der Waals surface area contributed by atoms with Crippen LogP contribution in [0.25, 0.3) is 0 Å². The highest BCUT2D eigenvalue weighted by atomic mass is 32.2. The fourth-order valence-corrected chi connectivity index (χ4v) is 6.00. The highest BCUT2D eigenvalue weighted by Crippen LogP contribution is 2.42. The number of likely N-dealkylation sites (tertiary alicyclic amines) is 1. The summed E-state index contributed by atoms with van der Waals surface area (Å²) in [5.41, 5.74) is 0.483. The van der Waals surface area contributed by atoms with Gasteiger partial charge in [0.15, 0.2) is 0 Å². The molecule has 1 aliphatic carbocycles. The van der Waals surface area contributed by atoms with E-state index in [0.717, 1.165) is 51.6 Å². The van der Waals surface area contributed by atoms with Gasteiger partial charge in [0.25, 0.3) is 0 Å². The molecule has 3 rings (SSSR count). The molecule has 1 saturated heterocycles. The Hall–Kier alpha value is -1.49. The summed E-state index contributed by atoms with van der Waals surface area (Å²) in [5, 5.41) is 13.7. The number of carbonyl (C=O) groups excluding carboxylic acids is 1. The van der Waals surface area contributed by atoms with E-state index in [-0.39, 0.29) is 33.4 Å². The van der Waals surface area contributed by atoms with Gasteiger partial charge >= 0.3 is 5.97 Å². The van der Waals surface area contributed by atoms with Crippen molar-refractivity contribution in [2.45, 2.75) is 83.9 Å². The van der Waals surface area contributed by atoms with Crippen LogP contribution >= 0.6 is 11.8 Å². The molecule has 0 radical (unpaired) electrons. The molecule has 0 aromatic carbocycles. The molecule has 0 aromatic heterocycles. The second-order valence-electron chi connectivity index (χ2n) is 11.1. The molecule has 1 amide bonds. The van der Waals surface area contributed by atoms with Crippen LogP contribution in [0.2, 0.25) is 0 Å². The molecule has 6 nitrogen and oxygen atoms in total. The topological polar surface area (TPSA) is 64.1 Å². The number of thioether (sulfide) groups is 1. The fraction of sp³-hybridized carbons (Fsp3) is 0.769. The molecule has 1 unspecified atom stereocenters. The van der Waals surface area contributed by atoms with Gasteiger partial charge in [0.1, 0.15) is 4.91 Å². The monoisotopic (exact) mass is 475 g/mol. The lowest BCUT2D eigenvalue weighted by Gasteiger charge is -2.43. The summed E-state index contributed by atoms with van der Waals surface area (Å²) in [6, 6.07) is 0.222. The van der Waals surface area contributed by atoms with Gasteiger partial charge in [0.05, 0.1) is 10.9 Å². The van der Waals surface area contributed by atoms with Gasteiger partial charge in [-0.2, -0.15) is 0 Å². The van der Waals surface area contributed by atoms with Crippen LogP contribution < -0.4 is 0 Å². The summed E-state index contributed by atoms with van der Waals surface area (Å²) < 4.78 is 0. The minimum Gasteiger partial charge on any atom is -0.477 e. The van der Waals surface area contributed by atoms with Crippen molar-refractivity contribution in [3.63, 3.8) is 0 Å². The molecule has 33 heavy (non-hydrogen) atoms. The van der Waals surface area contributed by atoms with E-state index in [4.69, 9.17) is 0 Å². The van der Waals surface area contributed by atoms with Gasteiger partial charge in [-0.05, 0) is 85.4 Å². The first-order valence-electron chi connectivity index (χ1n) is 12.4. The lowest BCUT2D eigenvalue weighted by Crippen LogP contribution is -2.53. The number of hydrazine groups is 1. The maximum Gasteiger partial charge on any atom is 0.344 e. The van der Waals surface area contributed by atoms with Crippen molar-refractivity contribution in [3.05, 3.63) is 10.6 Å². The molecule has 2 heterocycles. The number of carboxylic acid groups (broad SMARTS) is 1. The molecule has 0 spiro atoms. The average molecular weight is 476 g/mol. The molecule has 3 aliphatic rings. The molecule has 2 fully saturated rings. The lowest BCUT2D eigenvalue weighted by molar-refractivity contribution is -0.153.